The molecule has 0 amide bonds. The lowest BCUT2D eigenvalue weighted by atomic mass is 9.90. The highest BCUT2D eigenvalue weighted by Crippen LogP contribution is 2.45. The predicted octanol–water partition coefficient (Wildman–Crippen LogP) is 2.59. The molecule has 4 heteroatoms. The Kier molecular flexibility index (Phi) is 3.71. The molecule has 1 aromatic heterocycles. The van der Waals surface area contributed by atoms with Crippen LogP contribution in [0.4, 0.5) is 0 Å². The van der Waals surface area contributed by atoms with Gasteiger partial charge in [0.15, 0.2) is 0 Å². The first-order chi connectivity index (χ1) is 9.29. The van der Waals surface area contributed by atoms with Gasteiger partial charge in [0, 0.05) is 18.0 Å². The fourth-order valence-corrected chi connectivity index (χ4v) is 2.72. The first-order valence-corrected chi connectivity index (χ1v) is 7.36. The van der Waals surface area contributed by atoms with Crippen molar-refractivity contribution in [3.63, 3.8) is 0 Å². The zero-order valence-electron chi connectivity index (χ0n) is 11.5. The minimum Gasteiger partial charge on any atom is -0.393 e. The van der Waals surface area contributed by atoms with Crippen molar-refractivity contribution in [1.29, 1.82) is 0 Å². The normalized spacial score (nSPS) is 23.5. The molecular weight excluding hydrogens is 240 g/mol. The monoisotopic (exact) mass is 262 g/mol. The number of nitrogens with zero attached hydrogens (tertiary/aromatic N) is 1. The molecule has 104 valence electrons. The fourth-order valence-electron chi connectivity index (χ4n) is 2.72. The number of aliphatic hydroxyl groups excluding tert-OH is 1. The number of nitrogens with one attached hydrogen (secondary N) is 1. The molecule has 2 aliphatic carbocycles. The Labute approximate surface area is 113 Å². The van der Waals surface area contributed by atoms with Crippen molar-refractivity contribution in [2.24, 2.45) is 0 Å². The first kappa shape index (κ1) is 12.9. The van der Waals surface area contributed by atoms with Crippen molar-refractivity contribution >= 4 is 5.57 Å². The molecule has 2 N–H and O–H groups in total. The number of rotatable bonds is 5. The van der Waals surface area contributed by atoms with Gasteiger partial charge in [-0.2, -0.15) is 0 Å². The van der Waals surface area contributed by atoms with Crippen LogP contribution in [0, 0.1) is 0 Å². The predicted molar refractivity (Wildman–Crippen MR) is 73.7 cm³/mol. The summed E-state index contributed by atoms with van der Waals surface area (Å²) in [6.45, 7) is 3.79. The maximum atomic E-state index is 9.63. The summed E-state index contributed by atoms with van der Waals surface area (Å²) < 4.78 is 5.60. The molecule has 0 aromatic carbocycles. The topological polar surface area (TPSA) is 58.3 Å². The van der Waals surface area contributed by atoms with Crippen LogP contribution >= 0.6 is 0 Å². The largest absolute Gasteiger partial charge is 0.393 e. The van der Waals surface area contributed by atoms with Crippen LogP contribution in [0.2, 0.25) is 0 Å². The van der Waals surface area contributed by atoms with Crippen LogP contribution in [0.1, 0.15) is 62.0 Å². The number of aliphatic hydroxyl groups is 1. The molecule has 1 unspecified atom stereocenters. The summed E-state index contributed by atoms with van der Waals surface area (Å²) in [4.78, 5) is 0. The van der Waals surface area contributed by atoms with E-state index in [9.17, 15) is 5.11 Å². The van der Waals surface area contributed by atoms with Gasteiger partial charge in [0.25, 0.3) is 0 Å². The van der Waals surface area contributed by atoms with E-state index < -0.39 is 0 Å². The second-order valence-corrected chi connectivity index (χ2v) is 5.58. The SMILES string of the molecule is CCNCc1noc(C2CC2)c1C1=CCC(O)CC1. The van der Waals surface area contributed by atoms with Crippen molar-refractivity contribution in [3.8, 4) is 0 Å². The van der Waals surface area contributed by atoms with E-state index in [0.29, 0.717) is 5.92 Å². The summed E-state index contributed by atoms with van der Waals surface area (Å²) in [5, 5.41) is 17.2. The number of hydrogen-bond donors (Lipinski definition) is 2. The molecule has 3 rings (SSSR count). The summed E-state index contributed by atoms with van der Waals surface area (Å²) in [6.07, 6.45) is 6.97. The lowest BCUT2D eigenvalue weighted by Crippen LogP contribution is -2.15. The smallest absolute Gasteiger partial charge is 0.147 e. The van der Waals surface area contributed by atoms with Crippen molar-refractivity contribution in [2.45, 2.75) is 57.6 Å². The van der Waals surface area contributed by atoms with E-state index >= 15 is 0 Å². The average Bonchev–Trinajstić information content (AvgIpc) is 3.18. The van der Waals surface area contributed by atoms with E-state index in [1.54, 1.807) is 0 Å². The Morgan fingerprint density at radius 3 is 2.89 bits per heavy atom. The van der Waals surface area contributed by atoms with Gasteiger partial charge in [0.05, 0.1) is 6.10 Å². The zero-order valence-corrected chi connectivity index (χ0v) is 11.5. The molecule has 0 saturated heterocycles. The van der Waals surface area contributed by atoms with Gasteiger partial charge >= 0.3 is 0 Å². The minimum atomic E-state index is -0.176. The van der Waals surface area contributed by atoms with E-state index in [4.69, 9.17) is 4.52 Å². The second kappa shape index (κ2) is 5.47. The molecule has 19 heavy (non-hydrogen) atoms. The maximum absolute atomic E-state index is 9.63. The van der Waals surface area contributed by atoms with Crippen molar-refractivity contribution in [1.82, 2.24) is 10.5 Å². The van der Waals surface area contributed by atoms with Crippen molar-refractivity contribution in [2.75, 3.05) is 6.54 Å². The van der Waals surface area contributed by atoms with Crippen LogP contribution in [-0.2, 0) is 6.54 Å². The van der Waals surface area contributed by atoms with Crippen molar-refractivity contribution in [3.05, 3.63) is 23.1 Å². The highest BCUT2D eigenvalue weighted by molar-refractivity contribution is 5.70. The Morgan fingerprint density at radius 1 is 1.42 bits per heavy atom. The molecule has 0 spiro atoms. The summed E-state index contributed by atoms with van der Waals surface area (Å²) in [5.41, 5.74) is 3.59. The Balaban J connectivity index is 1.89. The van der Waals surface area contributed by atoms with Gasteiger partial charge in [-0.3, -0.25) is 0 Å². The standard InChI is InChI=1S/C15H22N2O2/c1-2-16-9-13-14(10-5-7-12(18)8-6-10)15(19-17-13)11-3-4-11/h5,11-12,16,18H,2-4,6-9H2,1H3. The van der Waals surface area contributed by atoms with Crippen LogP contribution in [0.5, 0.6) is 0 Å². The molecule has 0 aliphatic heterocycles. The lowest BCUT2D eigenvalue weighted by molar-refractivity contribution is 0.166. The summed E-state index contributed by atoms with van der Waals surface area (Å²) in [7, 11) is 0. The zero-order chi connectivity index (χ0) is 13.2. The Morgan fingerprint density at radius 2 is 2.26 bits per heavy atom. The van der Waals surface area contributed by atoms with E-state index in [0.717, 1.165) is 43.8 Å². The maximum Gasteiger partial charge on any atom is 0.147 e. The van der Waals surface area contributed by atoms with Gasteiger partial charge in [0.1, 0.15) is 11.5 Å². The van der Waals surface area contributed by atoms with E-state index in [-0.39, 0.29) is 6.10 Å². The third-order valence-corrected chi connectivity index (χ3v) is 3.98. The van der Waals surface area contributed by atoms with Crippen molar-refractivity contribution < 1.29 is 9.63 Å². The molecule has 1 fully saturated rings. The van der Waals surface area contributed by atoms with Crippen LogP contribution in [0.25, 0.3) is 5.57 Å². The molecular formula is C15H22N2O2. The quantitative estimate of drug-likeness (QED) is 0.856. The lowest BCUT2D eigenvalue weighted by Gasteiger charge is -2.18. The Bertz CT molecular complexity index is 474. The second-order valence-electron chi connectivity index (χ2n) is 5.58. The third-order valence-electron chi connectivity index (χ3n) is 3.98. The number of aromatic nitrogens is 1. The van der Waals surface area contributed by atoms with Gasteiger partial charge in [-0.05, 0) is 44.2 Å². The highest BCUT2D eigenvalue weighted by Gasteiger charge is 2.33. The summed E-state index contributed by atoms with van der Waals surface area (Å²) >= 11 is 0. The van der Waals surface area contributed by atoms with Gasteiger partial charge in [-0.15, -0.1) is 0 Å². The third kappa shape index (κ3) is 2.74. The van der Waals surface area contributed by atoms with Crippen LogP contribution < -0.4 is 5.32 Å². The molecule has 1 aromatic rings. The molecule has 1 atom stereocenters. The molecule has 1 saturated carbocycles. The highest BCUT2D eigenvalue weighted by atomic mass is 16.5. The van der Waals surface area contributed by atoms with Gasteiger partial charge in [-0.1, -0.05) is 18.2 Å². The van der Waals surface area contributed by atoms with Crippen LogP contribution in [0.3, 0.4) is 0 Å². The van der Waals surface area contributed by atoms with E-state index in [1.165, 1.54) is 24.0 Å². The number of hydrogen-bond acceptors (Lipinski definition) is 4. The molecule has 4 nitrogen and oxygen atoms in total. The van der Waals surface area contributed by atoms with Gasteiger partial charge in [0.2, 0.25) is 0 Å². The summed E-state index contributed by atoms with van der Waals surface area (Å²) in [6, 6.07) is 0. The summed E-state index contributed by atoms with van der Waals surface area (Å²) in [5.74, 6) is 1.65. The van der Waals surface area contributed by atoms with E-state index in [2.05, 4.69) is 23.5 Å². The molecule has 0 bridgehead atoms. The minimum absolute atomic E-state index is 0.176. The van der Waals surface area contributed by atoms with Crippen LogP contribution in [0.15, 0.2) is 10.6 Å². The Hall–Kier alpha value is -1.13. The average molecular weight is 262 g/mol. The van der Waals surface area contributed by atoms with Crippen LogP contribution in [-0.4, -0.2) is 22.9 Å². The van der Waals surface area contributed by atoms with Gasteiger partial charge in [-0.25, -0.2) is 0 Å². The van der Waals surface area contributed by atoms with E-state index in [1.807, 2.05) is 0 Å². The molecule has 2 aliphatic rings. The van der Waals surface area contributed by atoms with Gasteiger partial charge < -0.3 is 14.9 Å². The fraction of sp³-hybridized carbons (Fsp3) is 0.667. The molecule has 0 radical (unpaired) electrons. The number of allylic oxidation sites excluding steroid dienone is 1. The first-order valence-electron chi connectivity index (χ1n) is 7.36. The molecule has 1 heterocycles.